The number of fused-ring (bicyclic) bond motifs is 1. The fraction of sp³-hybridized carbons (Fsp3) is 0.562. The smallest absolute Gasteiger partial charge is 0.176 e. The van der Waals surface area contributed by atoms with Gasteiger partial charge in [-0.3, -0.25) is 9.69 Å². The van der Waals surface area contributed by atoms with Gasteiger partial charge >= 0.3 is 0 Å². The van der Waals surface area contributed by atoms with Crippen LogP contribution in [0.3, 0.4) is 0 Å². The minimum absolute atomic E-state index is 0.185. The number of hydrogen-bond acceptors (Lipinski definition) is 4. The van der Waals surface area contributed by atoms with E-state index in [4.69, 9.17) is 9.84 Å². The van der Waals surface area contributed by atoms with E-state index >= 15 is 0 Å². The van der Waals surface area contributed by atoms with Crippen LogP contribution >= 0.6 is 0 Å². The molecule has 1 unspecified atom stereocenters. The van der Waals surface area contributed by atoms with Crippen LogP contribution in [0.25, 0.3) is 0 Å². The SMILES string of the molecule is O=C(CN1CCC(CCO)C1)c1ccc2c(c1)CCO2. The van der Waals surface area contributed by atoms with Gasteiger partial charge in [0, 0.05) is 25.1 Å². The molecule has 4 nitrogen and oxygen atoms in total. The first-order valence-corrected chi connectivity index (χ1v) is 7.38. The fourth-order valence-electron chi connectivity index (χ4n) is 3.13. The number of benzene rings is 1. The van der Waals surface area contributed by atoms with E-state index in [9.17, 15) is 4.79 Å². The molecule has 2 aliphatic heterocycles. The average Bonchev–Trinajstić information content (AvgIpc) is 3.07. The third-order valence-electron chi connectivity index (χ3n) is 4.29. The lowest BCUT2D eigenvalue weighted by Gasteiger charge is -2.15. The molecule has 1 saturated heterocycles. The van der Waals surface area contributed by atoms with Crippen LogP contribution in [0, 0.1) is 5.92 Å². The maximum atomic E-state index is 12.3. The largest absolute Gasteiger partial charge is 0.493 e. The van der Waals surface area contributed by atoms with Crippen LogP contribution in [0.2, 0.25) is 0 Å². The number of likely N-dealkylation sites (tertiary alicyclic amines) is 1. The van der Waals surface area contributed by atoms with Crippen LogP contribution in [0.5, 0.6) is 5.75 Å². The van der Waals surface area contributed by atoms with E-state index in [0.717, 1.165) is 55.8 Å². The number of rotatable bonds is 5. The first kappa shape index (κ1) is 13.6. The van der Waals surface area contributed by atoms with Crippen LogP contribution in [-0.4, -0.2) is 48.6 Å². The fourth-order valence-corrected chi connectivity index (χ4v) is 3.13. The van der Waals surface area contributed by atoms with Crippen molar-refractivity contribution in [3.05, 3.63) is 29.3 Å². The molecule has 0 bridgehead atoms. The summed E-state index contributed by atoms with van der Waals surface area (Å²) >= 11 is 0. The lowest BCUT2D eigenvalue weighted by molar-refractivity contribution is 0.0942. The second-order valence-corrected chi connectivity index (χ2v) is 5.75. The number of aliphatic hydroxyl groups is 1. The number of ether oxygens (including phenoxy) is 1. The molecule has 2 aliphatic rings. The minimum Gasteiger partial charge on any atom is -0.493 e. The summed E-state index contributed by atoms with van der Waals surface area (Å²) in [5.74, 6) is 1.65. The number of carbonyl (C=O) groups is 1. The van der Waals surface area contributed by atoms with Gasteiger partial charge in [0.1, 0.15) is 5.75 Å². The average molecular weight is 275 g/mol. The van der Waals surface area contributed by atoms with Gasteiger partial charge in [-0.15, -0.1) is 0 Å². The van der Waals surface area contributed by atoms with Gasteiger partial charge in [-0.25, -0.2) is 0 Å². The molecule has 0 spiro atoms. The predicted octanol–water partition coefficient (Wildman–Crippen LogP) is 1.51. The molecule has 0 aliphatic carbocycles. The van der Waals surface area contributed by atoms with Crippen LogP contribution in [0.15, 0.2) is 18.2 Å². The van der Waals surface area contributed by atoms with Crippen molar-refractivity contribution in [2.45, 2.75) is 19.3 Å². The number of nitrogens with zero attached hydrogens (tertiary/aromatic N) is 1. The minimum atomic E-state index is 0.185. The van der Waals surface area contributed by atoms with E-state index in [1.807, 2.05) is 18.2 Å². The third kappa shape index (κ3) is 2.86. The number of carbonyl (C=O) groups excluding carboxylic acids is 1. The molecule has 3 rings (SSSR count). The topological polar surface area (TPSA) is 49.8 Å². The highest BCUT2D eigenvalue weighted by atomic mass is 16.5. The Kier molecular flexibility index (Phi) is 4.03. The van der Waals surface area contributed by atoms with E-state index in [1.54, 1.807) is 0 Å². The lowest BCUT2D eigenvalue weighted by atomic mass is 10.0. The first-order valence-electron chi connectivity index (χ1n) is 7.38. The zero-order valence-corrected chi connectivity index (χ0v) is 11.7. The van der Waals surface area contributed by atoms with Crippen LogP contribution in [0.1, 0.15) is 28.8 Å². The standard InChI is InChI=1S/C16H21NO3/c18-7-4-12-3-6-17(10-12)11-15(19)13-1-2-16-14(9-13)5-8-20-16/h1-2,9,12,18H,3-8,10-11H2. The van der Waals surface area contributed by atoms with Crippen molar-refractivity contribution >= 4 is 5.78 Å². The molecule has 0 aromatic heterocycles. The Balaban J connectivity index is 1.60. The second-order valence-electron chi connectivity index (χ2n) is 5.75. The summed E-state index contributed by atoms with van der Waals surface area (Å²) in [6.07, 6.45) is 2.84. The Labute approximate surface area is 119 Å². The number of hydrogen-bond donors (Lipinski definition) is 1. The van der Waals surface area contributed by atoms with Crippen LogP contribution < -0.4 is 4.74 Å². The third-order valence-corrected chi connectivity index (χ3v) is 4.29. The van der Waals surface area contributed by atoms with Gasteiger partial charge < -0.3 is 9.84 Å². The van der Waals surface area contributed by atoms with Gasteiger partial charge in [-0.05, 0) is 49.1 Å². The Morgan fingerprint density at radius 2 is 2.35 bits per heavy atom. The van der Waals surface area contributed by atoms with E-state index in [2.05, 4.69) is 4.90 Å². The normalized spacial score (nSPS) is 21.8. The zero-order valence-electron chi connectivity index (χ0n) is 11.7. The Bertz CT molecular complexity index is 500. The molecule has 108 valence electrons. The lowest BCUT2D eigenvalue weighted by Crippen LogP contribution is -2.28. The van der Waals surface area contributed by atoms with Gasteiger partial charge in [0.05, 0.1) is 13.2 Å². The summed E-state index contributed by atoms with van der Waals surface area (Å²) in [6, 6.07) is 5.76. The van der Waals surface area contributed by atoms with Crippen molar-refractivity contribution in [2.24, 2.45) is 5.92 Å². The Morgan fingerprint density at radius 1 is 1.45 bits per heavy atom. The summed E-state index contributed by atoms with van der Waals surface area (Å²) in [5, 5.41) is 8.97. The maximum Gasteiger partial charge on any atom is 0.176 e. The monoisotopic (exact) mass is 275 g/mol. The summed E-state index contributed by atoms with van der Waals surface area (Å²) in [6.45, 7) is 3.35. The Hall–Kier alpha value is -1.39. The zero-order chi connectivity index (χ0) is 13.9. The highest BCUT2D eigenvalue weighted by Gasteiger charge is 2.24. The van der Waals surface area contributed by atoms with Gasteiger partial charge in [0.2, 0.25) is 0 Å². The summed E-state index contributed by atoms with van der Waals surface area (Å²) in [5.41, 5.74) is 1.94. The van der Waals surface area contributed by atoms with Gasteiger partial charge in [-0.2, -0.15) is 0 Å². The van der Waals surface area contributed by atoms with E-state index in [-0.39, 0.29) is 12.4 Å². The quantitative estimate of drug-likeness (QED) is 0.828. The number of Topliss-reactive ketones (excluding diaryl/α,β-unsaturated/α-hetero) is 1. The molecule has 0 saturated carbocycles. The molecule has 1 atom stereocenters. The first-order chi connectivity index (χ1) is 9.76. The number of ketones is 1. The van der Waals surface area contributed by atoms with Gasteiger partial charge in [-0.1, -0.05) is 0 Å². The molecule has 1 aromatic carbocycles. The van der Waals surface area contributed by atoms with E-state index in [1.165, 1.54) is 0 Å². The maximum absolute atomic E-state index is 12.3. The molecule has 0 amide bonds. The molecule has 0 radical (unpaired) electrons. The molecular weight excluding hydrogens is 254 g/mol. The number of aliphatic hydroxyl groups excluding tert-OH is 1. The van der Waals surface area contributed by atoms with Crippen molar-refractivity contribution in [1.82, 2.24) is 4.90 Å². The van der Waals surface area contributed by atoms with Gasteiger partial charge in [0.25, 0.3) is 0 Å². The molecule has 2 heterocycles. The molecule has 1 aromatic rings. The highest BCUT2D eigenvalue weighted by Crippen LogP contribution is 2.26. The van der Waals surface area contributed by atoms with Gasteiger partial charge in [0.15, 0.2) is 5.78 Å². The van der Waals surface area contributed by atoms with Crippen molar-refractivity contribution in [3.63, 3.8) is 0 Å². The van der Waals surface area contributed by atoms with Crippen molar-refractivity contribution < 1.29 is 14.6 Å². The van der Waals surface area contributed by atoms with Crippen molar-refractivity contribution in [3.8, 4) is 5.75 Å². The molecule has 1 N–H and O–H groups in total. The molecule has 20 heavy (non-hydrogen) atoms. The summed E-state index contributed by atoms with van der Waals surface area (Å²) in [4.78, 5) is 14.5. The van der Waals surface area contributed by atoms with E-state index < -0.39 is 0 Å². The summed E-state index contributed by atoms with van der Waals surface area (Å²) < 4.78 is 5.46. The highest BCUT2D eigenvalue weighted by molar-refractivity contribution is 5.98. The molecule has 4 heteroatoms. The summed E-state index contributed by atoms with van der Waals surface area (Å²) in [7, 11) is 0. The Morgan fingerprint density at radius 3 is 3.20 bits per heavy atom. The predicted molar refractivity (Wildman–Crippen MR) is 76.2 cm³/mol. The van der Waals surface area contributed by atoms with Crippen LogP contribution in [0.4, 0.5) is 0 Å². The van der Waals surface area contributed by atoms with Crippen LogP contribution in [-0.2, 0) is 6.42 Å². The van der Waals surface area contributed by atoms with Crippen molar-refractivity contribution in [1.29, 1.82) is 0 Å². The van der Waals surface area contributed by atoms with Crippen molar-refractivity contribution in [2.75, 3.05) is 32.8 Å². The second kappa shape index (κ2) is 5.94. The van der Waals surface area contributed by atoms with E-state index in [0.29, 0.717) is 12.5 Å². The molecular formula is C16H21NO3. The molecule has 1 fully saturated rings.